The third-order valence-corrected chi connectivity index (χ3v) is 7.20. The lowest BCUT2D eigenvalue weighted by Crippen LogP contribution is -2.51. The van der Waals surface area contributed by atoms with E-state index in [0.29, 0.717) is 17.7 Å². The van der Waals surface area contributed by atoms with Crippen molar-refractivity contribution in [2.45, 2.75) is 45.1 Å². The zero-order valence-electron chi connectivity index (χ0n) is 17.7. The first-order chi connectivity index (χ1) is 14.6. The molecule has 0 unspecified atom stereocenters. The van der Waals surface area contributed by atoms with Crippen LogP contribution in [0.15, 0.2) is 30.5 Å². The average Bonchev–Trinajstić information content (AvgIpc) is 3.18. The predicted octanol–water partition coefficient (Wildman–Crippen LogP) is 4.62. The summed E-state index contributed by atoms with van der Waals surface area (Å²) in [5.41, 5.74) is 1.80. The number of halogens is 1. The maximum atomic E-state index is 11.0. The maximum Gasteiger partial charge on any atom is 0.171 e. The van der Waals surface area contributed by atoms with E-state index in [-0.39, 0.29) is 10.8 Å². The Morgan fingerprint density at radius 2 is 2.00 bits per heavy atom. The highest BCUT2D eigenvalue weighted by molar-refractivity contribution is 6.31. The van der Waals surface area contributed by atoms with Crippen molar-refractivity contribution >= 4 is 29.4 Å². The first kappa shape index (κ1) is 20.9. The van der Waals surface area contributed by atoms with Gasteiger partial charge in [-0.3, -0.25) is 4.79 Å². The number of carbonyl (C=O) groups is 1. The number of ether oxygens (including phenoxy) is 1. The van der Waals surface area contributed by atoms with E-state index in [0.717, 1.165) is 44.0 Å². The number of hydrogen-bond donors (Lipinski definition) is 0. The molecule has 1 atom stereocenters. The van der Waals surface area contributed by atoms with Gasteiger partial charge in [0.1, 0.15) is 17.3 Å². The second kappa shape index (κ2) is 8.80. The molecule has 0 bridgehead atoms. The van der Waals surface area contributed by atoms with Crippen LogP contribution in [-0.2, 0) is 0 Å². The van der Waals surface area contributed by atoms with Crippen LogP contribution in [0.5, 0.6) is 5.75 Å². The number of methoxy groups -OCH3 is 1. The summed E-state index contributed by atoms with van der Waals surface area (Å²) < 4.78 is 5.33. The summed E-state index contributed by atoms with van der Waals surface area (Å²) >= 11 is 6.10. The van der Waals surface area contributed by atoms with Crippen molar-refractivity contribution in [3.05, 3.63) is 41.3 Å². The van der Waals surface area contributed by atoms with E-state index in [1.165, 1.54) is 24.9 Å². The molecule has 1 aromatic carbocycles. The lowest BCUT2D eigenvalue weighted by molar-refractivity contribution is 0.111. The van der Waals surface area contributed by atoms with E-state index < -0.39 is 0 Å². The third kappa shape index (κ3) is 3.85. The summed E-state index contributed by atoms with van der Waals surface area (Å²) in [6.07, 6.45) is 8.34. The van der Waals surface area contributed by atoms with Gasteiger partial charge in [-0.2, -0.15) is 0 Å². The molecule has 2 aromatic rings. The molecule has 7 heteroatoms. The molecule has 160 valence electrons. The number of nitrogens with zero attached hydrogens (tertiary/aromatic N) is 4. The molecule has 0 amide bonds. The number of carbonyl (C=O) groups excluding carboxylic acids is 1. The number of benzene rings is 1. The van der Waals surface area contributed by atoms with Crippen molar-refractivity contribution in [1.29, 1.82) is 0 Å². The van der Waals surface area contributed by atoms with Crippen LogP contribution in [0, 0.1) is 5.41 Å². The van der Waals surface area contributed by atoms with Gasteiger partial charge in [0.2, 0.25) is 0 Å². The highest BCUT2D eigenvalue weighted by atomic mass is 35.5. The topological polar surface area (TPSA) is 58.6 Å². The van der Waals surface area contributed by atoms with Crippen LogP contribution in [-0.4, -0.2) is 49.0 Å². The van der Waals surface area contributed by atoms with Gasteiger partial charge < -0.3 is 14.5 Å². The molecular formula is C23H29ClN4O2. The molecule has 0 radical (unpaired) electrons. The van der Waals surface area contributed by atoms with E-state index >= 15 is 0 Å². The molecule has 4 rings (SSSR count). The molecule has 2 fully saturated rings. The predicted molar refractivity (Wildman–Crippen MR) is 120 cm³/mol. The van der Waals surface area contributed by atoms with E-state index in [9.17, 15) is 4.79 Å². The fourth-order valence-electron chi connectivity index (χ4n) is 5.33. The number of anilines is 2. The Labute approximate surface area is 183 Å². The normalized spacial score (nSPS) is 20.4. The van der Waals surface area contributed by atoms with E-state index in [2.05, 4.69) is 38.8 Å². The first-order valence-electron chi connectivity index (χ1n) is 10.7. The van der Waals surface area contributed by atoms with Crippen LogP contribution >= 0.6 is 11.6 Å². The third-order valence-electron chi connectivity index (χ3n) is 6.92. The second-order valence-electron chi connectivity index (χ2n) is 8.26. The quantitative estimate of drug-likeness (QED) is 0.626. The minimum absolute atomic E-state index is 0.179. The molecule has 2 aliphatic rings. The Morgan fingerprint density at radius 3 is 2.60 bits per heavy atom. The van der Waals surface area contributed by atoms with E-state index in [1.807, 2.05) is 12.1 Å². The van der Waals surface area contributed by atoms with Gasteiger partial charge in [0, 0.05) is 31.4 Å². The molecular weight excluding hydrogens is 400 g/mol. The van der Waals surface area contributed by atoms with Gasteiger partial charge >= 0.3 is 0 Å². The SMILES string of the molecule is CCN(c1ccc(OC)cc1)[C@@H]1CCCC12CCN(c1cnc(C=O)c(Cl)n1)CC2. The Bertz CT molecular complexity index is 881. The van der Waals surface area contributed by atoms with Crippen LogP contribution in [0.4, 0.5) is 11.5 Å². The monoisotopic (exact) mass is 428 g/mol. The standard InChI is InChI=1S/C23H29ClN4O2/c1-3-28(17-6-8-18(30-2)9-7-17)20-5-4-10-23(20)11-13-27(14-12-23)21-15-25-19(16-29)22(24)26-21/h6-9,15-16,20H,3-5,10-14H2,1-2H3/t20-/m1/s1. The first-order valence-corrected chi connectivity index (χ1v) is 11.1. The van der Waals surface area contributed by atoms with Gasteiger partial charge in [0.15, 0.2) is 11.4 Å². The van der Waals surface area contributed by atoms with Crippen LogP contribution in [0.1, 0.15) is 49.5 Å². The van der Waals surface area contributed by atoms with Gasteiger partial charge in [-0.1, -0.05) is 18.0 Å². The molecule has 0 N–H and O–H groups in total. The number of hydrogen-bond acceptors (Lipinski definition) is 6. The highest BCUT2D eigenvalue weighted by Crippen LogP contribution is 2.50. The molecule has 6 nitrogen and oxygen atoms in total. The Kier molecular flexibility index (Phi) is 6.14. The van der Waals surface area contributed by atoms with Crippen LogP contribution in [0.25, 0.3) is 0 Å². The van der Waals surface area contributed by atoms with Gasteiger partial charge in [0.25, 0.3) is 0 Å². The number of rotatable bonds is 6. The summed E-state index contributed by atoms with van der Waals surface area (Å²) in [5, 5.41) is 0.179. The lowest BCUT2D eigenvalue weighted by atomic mass is 9.73. The van der Waals surface area contributed by atoms with E-state index in [1.54, 1.807) is 13.3 Å². The zero-order valence-corrected chi connectivity index (χ0v) is 18.4. The molecule has 2 heterocycles. The summed E-state index contributed by atoms with van der Waals surface area (Å²) in [7, 11) is 1.70. The van der Waals surface area contributed by atoms with E-state index in [4.69, 9.17) is 16.3 Å². The minimum atomic E-state index is 0.179. The van der Waals surface area contributed by atoms with Crippen molar-refractivity contribution in [1.82, 2.24) is 9.97 Å². The van der Waals surface area contributed by atoms with Crippen LogP contribution in [0.2, 0.25) is 5.15 Å². The maximum absolute atomic E-state index is 11.0. The van der Waals surface area contributed by atoms with Gasteiger partial charge in [-0.25, -0.2) is 9.97 Å². The summed E-state index contributed by atoms with van der Waals surface area (Å²) in [5.74, 6) is 1.65. The molecule has 1 saturated heterocycles. The summed E-state index contributed by atoms with van der Waals surface area (Å²) in [6, 6.07) is 9.00. The van der Waals surface area contributed by atoms with Gasteiger partial charge in [0.05, 0.1) is 13.3 Å². The smallest absolute Gasteiger partial charge is 0.171 e. The van der Waals surface area contributed by atoms with Crippen molar-refractivity contribution in [2.24, 2.45) is 5.41 Å². The molecule has 1 saturated carbocycles. The molecule has 1 aliphatic heterocycles. The largest absolute Gasteiger partial charge is 0.497 e. The fourth-order valence-corrected chi connectivity index (χ4v) is 5.51. The summed E-state index contributed by atoms with van der Waals surface area (Å²) in [6.45, 7) is 5.11. The summed E-state index contributed by atoms with van der Waals surface area (Å²) in [4.78, 5) is 24.3. The lowest BCUT2D eigenvalue weighted by Gasteiger charge is -2.47. The van der Waals surface area contributed by atoms with Gasteiger partial charge in [-0.05, 0) is 62.3 Å². The number of aromatic nitrogens is 2. The minimum Gasteiger partial charge on any atom is -0.497 e. The van der Waals surface area contributed by atoms with Crippen molar-refractivity contribution in [3.8, 4) is 5.75 Å². The fraction of sp³-hybridized carbons (Fsp3) is 0.522. The van der Waals surface area contributed by atoms with Gasteiger partial charge in [-0.15, -0.1) is 0 Å². The van der Waals surface area contributed by atoms with Crippen molar-refractivity contribution < 1.29 is 9.53 Å². The molecule has 1 aromatic heterocycles. The highest BCUT2D eigenvalue weighted by Gasteiger charge is 2.47. The van der Waals surface area contributed by atoms with Crippen LogP contribution in [0.3, 0.4) is 0 Å². The zero-order chi connectivity index (χ0) is 21.1. The Balaban J connectivity index is 1.50. The van der Waals surface area contributed by atoms with Crippen molar-refractivity contribution in [3.63, 3.8) is 0 Å². The number of aldehydes is 1. The average molecular weight is 429 g/mol. The van der Waals surface area contributed by atoms with Crippen LogP contribution < -0.4 is 14.5 Å². The molecule has 30 heavy (non-hydrogen) atoms. The Morgan fingerprint density at radius 1 is 1.27 bits per heavy atom. The molecule has 1 spiro atoms. The molecule has 1 aliphatic carbocycles. The van der Waals surface area contributed by atoms with Crippen molar-refractivity contribution in [2.75, 3.05) is 36.5 Å². The Hall–Kier alpha value is -2.34. The second-order valence-corrected chi connectivity index (χ2v) is 8.62. The number of piperidine rings is 1.